The fraction of sp³-hybridized carbons (Fsp3) is 0.471. The van der Waals surface area contributed by atoms with Crippen LogP contribution < -0.4 is 10.6 Å². The van der Waals surface area contributed by atoms with Gasteiger partial charge in [-0.1, -0.05) is 18.2 Å². The monoisotopic (exact) mass is 311 g/mol. The number of hydrogen-bond acceptors (Lipinski definition) is 4. The summed E-state index contributed by atoms with van der Waals surface area (Å²) >= 11 is 0. The van der Waals surface area contributed by atoms with Crippen molar-refractivity contribution in [3.05, 3.63) is 42.5 Å². The van der Waals surface area contributed by atoms with Crippen molar-refractivity contribution in [3.8, 4) is 5.69 Å². The van der Waals surface area contributed by atoms with Gasteiger partial charge in [0.1, 0.15) is 6.33 Å². The number of benzene rings is 1. The molecule has 2 aliphatic rings. The molecule has 2 heterocycles. The normalized spacial score (nSPS) is 22.0. The molecule has 2 aromatic rings. The molecule has 1 aromatic carbocycles. The summed E-state index contributed by atoms with van der Waals surface area (Å²) < 4.78 is 1.91. The Kier molecular flexibility index (Phi) is 3.61. The van der Waals surface area contributed by atoms with Crippen LogP contribution in [0.2, 0.25) is 0 Å². The minimum absolute atomic E-state index is 0.162. The van der Waals surface area contributed by atoms with Crippen molar-refractivity contribution in [1.82, 2.24) is 25.4 Å². The van der Waals surface area contributed by atoms with Gasteiger partial charge in [-0.3, -0.25) is 9.36 Å². The van der Waals surface area contributed by atoms with Gasteiger partial charge in [0.05, 0.1) is 6.54 Å². The maximum Gasteiger partial charge on any atom is 0.224 e. The average Bonchev–Trinajstić information content (AvgIpc) is 3.08. The van der Waals surface area contributed by atoms with Gasteiger partial charge < -0.3 is 10.6 Å². The Balaban J connectivity index is 1.39. The summed E-state index contributed by atoms with van der Waals surface area (Å²) in [5, 5.41) is 14.5. The van der Waals surface area contributed by atoms with Gasteiger partial charge in [-0.2, -0.15) is 0 Å². The maximum atomic E-state index is 12.4. The zero-order valence-corrected chi connectivity index (χ0v) is 13.0. The topological polar surface area (TPSA) is 71.8 Å². The van der Waals surface area contributed by atoms with Crippen LogP contribution in [-0.2, 0) is 11.3 Å². The molecule has 1 aromatic heterocycles. The Hall–Kier alpha value is -2.21. The van der Waals surface area contributed by atoms with E-state index >= 15 is 0 Å². The van der Waals surface area contributed by atoms with Crippen molar-refractivity contribution in [2.45, 2.75) is 25.8 Å². The van der Waals surface area contributed by atoms with E-state index in [4.69, 9.17) is 0 Å². The summed E-state index contributed by atoms with van der Waals surface area (Å²) in [7, 11) is 0. The lowest BCUT2D eigenvalue weighted by Gasteiger charge is -2.23. The third-order valence-corrected chi connectivity index (χ3v) is 5.18. The number of nitrogens with zero attached hydrogens (tertiary/aromatic N) is 3. The molecule has 1 aliphatic carbocycles. The molecule has 2 fully saturated rings. The highest BCUT2D eigenvalue weighted by Gasteiger charge is 2.57. The van der Waals surface area contributed by atoms with Gasteiger partial charge in [0, 0.05) is 11.6 Å². The second-order valence-electron chi connectivity index (χ2n) is 6.54. The minimum atomic E-state index is 0.162. The van der Waals surface area contributed by atoms with E-state index in [1.54, 1.807) is 6.33 Å². The number of nitrogens with one attached hydrogen (secondary N) is 2. The van der Waals surface area contributed by atoms with E-state index < -0.39 is 0 Å². The molecule has 1 atom stereocenters. The van der Waals surface area contributed by atoms with Crippen LogP contribution in [0.3, 0.4) is 0 Å². The summed E-state index contributed by atoms with van der Waals surface area (Å²) in [5.41, 5.74) is 1.27. The van der Waals surface area contributed by atoms with E-state index in [1.165, 1.54) is 0 Å². The summed E-state index contributed by atoms with van der Waals surface area (Å²) in [6.07, 6.45) is 4.95. The van der Waals surface area contributed by atoms with E-state index in [0.29, 0.717) is 6.54 Å². The smallest absolute Gasteiger partial charge is 0.224 e. The van der Waals surface area contributed by atoms with Crippen LogP contribution in [0.1, 0.15) is 25.1 Å². The predicted octanol–water partition coefficient (Wildman–Crippen LogP) is 1.27. The SMILES string of the molecule is O=C(NCc1nncn1-c1ccccc1)C1CC12CCNCC2. The van der Waals surface area contributed by atoms with Gasteiger partial charge >= 0.3 is 0 Å². The predicted molar refractivity (Wildman–Crippen MR) is 85.8 cm³/mol. The first kappa shape index (κ1) is 14.4. The zero-order valence-electron chi connectivity index (χ0n) is 13.0. The van der Waals surface area contributed by atoms with Crippen LogP contribution in [0.5, 0.6) is 0 Å². The standard InChI is InChI=1S/C17H21N5O/c23-16(14-10-17(14)6-8-18-9-7-17)19-11-15-21-20-12-22(15)13-4-2-1-3-5-13/h1-5,12,14,18H,6-11H2,(H,19,23). The number of hydrogen-bond donors (Lipinski definition) is 2. The Labute approximate surface area is 135 Å². The third kappa shape index (κ3) is 2.74. The van der Waals surface area contributed by atoms with Crippen LogP contribution in [0.25, 0.3) is 5.69 Å². The first-order valence-corrected chi connectivity index (χ1v) is 8.21. The van der Waals surface area contributed by atoms with Crippen molar-refractivity contribution >= 4 is 5.91 Å². The van der Waals surface area contributed by atoms with Crippen molar-refractivity contribution in [2.24, 2.45) is 11.3 Å². The first-order chi connectivity index (χ1) is 11.3. The lowest BCUT2D eigenvalue weighted by Crippen LogP contribution is -2.33. The van der Waals surface area contributed by atoms with Crippen LogP contribution in [-0.4, -0.2) is 33.8 Å². The number of rotatable bonds is 4. The summed E-state index contributed by atoms with van der Waals surface area (Å²) in [5.74, 6) is 1.09. The van der Waals surface area contributed by atoms with Gasteiger partial charge in [0.25, 0.3) is 0 Å². The van der Waals surface area contributed by atoms with Crippen molar-refractivity contribution in [2.75, 3.05) is 13.1 Å². The summed E-state index contributed by atoms with van der Waals surface area (Å²) in [6, 6.07) is 9.92. The fourth-order valence-corrected chi connectivity index (χ4v) is 3.67. The van der Waals surface area contributed by atoms with Crippen LogP contribution in [0, 0.1) is 11.3 Å². The molecular weight excluding hydrogens is 290 g/mol. The molecule has 23 heavy (non-hydrogen) atoms. The Morgan fingerprint density at radius 3 is 2.87 bits per heavy atom. The molecule has 1 amide bonds. The number of piperidine rings is 1. The number of carbonyl (C=O) groups excluding carboxylic acids is 1. The molecule has 6 heteroatoms. The van der Waals surface area contributed by atoms with E-state index in [9.17, 15) is 4.79 Å². The highest BCUT2D eigenvalue weighted by atomic mass is 16.2. The molecule has 1 saturated heterocycles. The molecule has 6 nitrogen and oxygen atoms in total. The fourth-order valence-electron chi connectivity index (χ4n) is 3.67. The van der Waals surface area contributed by atoms with Gasteiger partial charge in [0.15, 0.2) is 5.82 Å². The minimum Gasteiger partial charge on any atom is -0.349 e. The van der Waals surface area contributed by atoms with Crippen LogP contribution >= 0.6 is 0 Å². The van der Waals surface area contributed by atoms with Crippen molar-refractivity contribution < 1.29 is 4.79 Å². The van der Waals surface area contributed by atoms with Gasteiger partial charge in [0.2, 0.25) is 5.91 Å². The summed E-state index contributed by atoms with van der Waals surface area (Å²) in [4.78, 5) is 12.4. The molecule has 1 unspecified atom stereocenters. The highest BCUT2D eigenvalue weighted by Crippen LogP contribution is 2.58. The molecule has 1 spiro atoms. The molecule has 120 valence electrons. The molecule has 1 aliphatic heterocycles. The van der Waals surface area contributed by atoms with Gasteiger partial charge in [-0.15, -0.1) is 10.2 Å². The highest BCUT2D eigenvalue weighted by molar-refractivity contribution is 5.82. The summed E-state index contributed by atoms with van der Waals surface area (Å²) in [6.45, 7) is 2.48. The van der Waals surface area contributed by atoms with Crippen molar-refractivity contribution in [1.29, 1.82) is 0 Å². The van der Waals surface area contributed by atoms with Gasteiger partial charge in [-0.05, 0) is 49.9 Å². The Morgan fingerprint density at radius 1 is 1.30 bits per heavy atom. The number of para-hydroxylation sites is 1. The molecule has 0 bridgehead atoms. The second-order valence-corrected chi connectivity index (χ2v) is 6.54. The lowest BCUT2D eigenvalue weighted by atomic mass is 9.92. The maximum absolute atomic E-state index is 12.4. The zero-order chi connectivity index (χ0) is 15.7. The van der Waals surface area contributed by atoms with Gasteiger partial charge in [-0.25, -0.2) is 0 Å². The molecule has 0 radical (unpaired) electrons. The first-order valence-electron chi connectivity index (χ1n) is 8.21. The van der Waals surface area contributed by atoms with E-state index in [0.717, 1.165) is 43.9 Å². The molecular formula is C17H21N5O. The third-order valence-electron chi connectivity index (χ3n) is 5.18. The number of amides is 1. The van der Waals surface area contributed by atoms with Crippen LogP contribution in [0.4, 0.5) is 0 Å². The molecule has 1 saturated carbocycles. The number of carbonyl (C=O) groups is 1. The number of aromatic nitrogens is 3. The van der Waals surface area contributed by atoms with E-state index in [1.807, 2.05) is 34.9 Å². The average molecular weight is 311 g/mol. The Bertz CT molecular complexity index is 690. The lowest BCUT2D eigenvalue weighted by molar-refractivity contribution is -0.123. The largest absolute Gasteiger partial charge is 0.349 e. The van der Waals surface area contributed by atoms with E-state index in [2.05, 4.69) is 20.8 Å². The quantitative estimate of drug-likeness (QED) is 0.892. The van der Waals surface area contributed by atoms with E-state index in [-0.39, 0.29) is 17.2 Å². The Morgan fingerprint density at radius 2 is 2.09 bits per heavy atom. The molecule has 2 N–H and O–H groups in total. The van der Waals surface area contributed by atoms with Crippen LogP contribution in [0.15, 0.2) is 36.7 Å². The second kappa shape index (κ2) is 5.77. The van der Waals surface area contributed by atoms with Crippen molar-refractivity contribution in [3.63, 3.8) is 0 Å². The molecule has 4 rings (SSSR count).